The topological polar surface area (TPSA) is 24.4 Å². The van der Waals surface area contributed by atoms with Gasteiger partial charge in [-0.1, -0.05) is 91.0 Å². The molecule has 0 aliphatic heterocycles. The van der Waals surface area contributed by atoms with Crippen molar-refractivity contribution in [3.8, 4) is 0 Å². The average Bonchev–Trinajstić information content (AvgIpc) is 2.61. The maximum Gasteiger partial charge on any atom is 0.0973 e. The van der Waals surface area contributed by atoms with Crippen LogP contribution in [0.5, 0.6) is 0 Å². The van der Waals surface area contributed by atoms with Crippen molar-refractivity contribution in [3.05, 3.63) is 108 Å². The maximum atomic E-state index is 4.63. The van der Waals surface area contributed by atoms with Crippen molar-refractivity contribution in [2.45, 2.75) is 6.54 Å². The fourth-order valence-corrected chi connectivity index (χ4v) is 2.29. The fourth-order valence-electron chi connectivity index (χ4n) is 2.29. The molecule has 3 aromatic rings. The molecule has 0 heterocycles. The van der Waals surface area contributed by atoms with Crippen molar-refractivity contribution in [2.24, 2.45) is 5.10 Å². The average molecular weight is 286 g/mol. The number of nitrogens with one attached hydrogen (secondary N) is 1. The molecule has 3 rings (SSSR count). The molecular formula is C20H18N2. The highest BCUT2D eigenvalue weighted by atomic mass is 15.3. The van der Waals surface area contributed by atoms with Gasteiger partial charge in [0.15, 0.2) is 0 Å². The van der Waals surface area contributed by atoms with E-state index < -0.39 is 0 Å². The highest BCUT2D eigenvalue weighted by molar-refractivity contribution is 6.12. The van der Waals surface area contributed by atoms with Gasteiger partial charge in [-0.25, -0.2) is 0 Å². The van der Waals surface area contributed by atoms with E-state index in [0.717, 1.165) is 16.8 Å². The molecular weight excluding hydrogens is 268 g/mol. The Morgan fingerprint density at radius 2 is 1.09 bits per heavy atom. The summed E-state index contributed by atoms with van der Waals surface area (Å²) in [7, 11) is 0. The van der Waals surface area contributed by atoms with Crippen LogP contribution < -0.4 is 5.43 Å². The third-order valence-corrected chi connectivity index (χ3v) is 3.41. The van der Waals surface area contributed by atoms with Crippen molar-refractivity contribution in [1.29, 1.82) is 0 Å². The summed E-state index contributed by atoms with van der Waals surface area (Å²) in [6.45, 7) is 0.712. The normalized spacial score (nSPS) is 10.0. The first-order valence-corrected chi connectivity index (χ1v) is 7.39. The molecule has 0 radical (unpaired) electrons. The van der Waals surface area contributed by atoms with Gasteiger partial charge in [0.05, 0.1) is 12.3 Å². The van der Waals surface area contributed by atoms with Crippen LogP contribution >= 0.6 is 0 Å². The number of hydrogen-bond acceptors (Lipinski definition) is 2. The van der Waals surface area contributed by atoms with Crippen molar-refractivity contribution in [3.63, 3.8) is 0 Å². The second-order valence-electron chi connectivity index (χ2n) is 5.01. The Bertz CT molecular complexity index is 678. The third-order valence-electron chi connectivity index (χ3n) is 3.41. The van der Waals surface area contributed by atoms with Crippen LogP contribution in [0.1, 0.15) is 16.7 Å². The standard InChI is InChI=1S/C20H18N2/c1-4-10-17(11-5-1)16-21-22-20(18-12-6-2-7-13-18)19-14-8-3-9-15-19/h1-15,21H,16H2. The molecule has 0 saturated heterocycles. The van der Waals surface area contributed by atoms with E-state index in [-0.39, 0.29) is 0 Å². The van der Waals surface area contributed by atoms with Crippen molar-refractivity contribution in [2.75, 3.05) is 0 Å². The summed E-state index contributed by atoms with van der Waals surface area (Å²) >= 11 is 0. The van der Waals surface area contributed by atoms with Crippen LogP contribution in [0.2, 0.25) is 0 Å². The van der Waals surface area contributed by atoms with Gasteiger partial charge in [0.1, 0.15) is 0 Å². The molecule has 22 heavy (non-hydrogen) atoms. The minimum absolute atomic E-state index is 0.712. The predicted molar refractivity (Wildman–Crippen MR) is 91.8 cm³/mol. The van der Waals surface area contributed by atoms with Gasteiger partial charge in [-0.05, 0) is 5.56 Å². The van der Waals surface area contributed by atoms with Gasteiger partial charge in [-0.3, -0.25) is 0 Å². The minimum atomic E-state index is 0.712. The van der Waals surface area contributed by atoms with E-state index in [1.54, 1.807) is 0 Å². The second-order valence-corrected chi connectivity index (χ2v) is 5.01. The van der Waals surface area contributed by atoms with Crippen molar-refractivity contribution < 1.29 is 0 Å². The summed E-state index contributed by atoms with van der Waals surface area (Å²) in [4.78, 5) is 0. The monoisotopic (exact) mass is 286 g/mol. The molecule has 0 bridgehead atoms. The Labute approximate surface area is 131 Å². The minimum Gasteiger partial charge on any atom is -0.305 e. The lowest BCUT2D eigenvalue weighted by Crippen LogP contribution is -2.12. The van der Waals surface area contributed by atoms with Gasteiger partial charge in [-0.2, -0.15) is 5.10 Å². The zero-order valence-electron chi connectivity index (χ0n) is 12.3. The number of nitrogens with zero attached hydrogens (tertiary/aromatic N) is 1. The molecule has 0 atom stereocenters. The molecule has 0 spiro atoms. The molecule has 3 aromatic carbocycles. The van der Waals surface area contributed by atoms with Gasteiger partial charge < -0.3 is 5.43 Å². The lowest BCUT2D eigenvalue weighted by atomic mass is 10.0. The molecule has 0 aliphatic rings. The Morgan fingerprint density at radius 1 is 0.636 bits per heavy atom. The van der Waals surface area contributed by atoms with Crippen LogP contribution in [-0.4, -0.2) is 5.71 Å². The zero-order valence-corrected chi connectivity index (χ0v) is 12.3. The number of hydrazone groups is 1. The maximum absolute atomic E-state index is 4.63. The molecule has 1 N–H and O–H groups in total. The Morgan fingerprint density at radius 3 is 1.59 bits per heavy atom. The summed E-state index contributed by atoms with van der Waals surface area (Å²) in [5.74, 6) is 0. The third kappa shape index (κ3) is 3.61. The Kier molecular flexibility index (Phi) is 4.63. The van der Waals surface area contributed by atoms with E-state index in [9.17, 15) is 0 Å². The summed E-state index contributed by atoms with van der Waals surface area (Å²) < 4.78 is 0. The first-order valence-electron chi connectivity index (χ1n) is 7.39. The largest absolute Gasteiger partial charge is 0.305 e. The van der Waals surface area contributed by atoms with Gasteiger partial charge >= 0.3 is 0 Å². The van der Waals surface area contributed by atoms with E-state index in [0.29, 0.717) is 6.54 Å². The molecule has 2 heteroatoms. The molecule has 2 nitrogen and oxygen atoms in total. The molecule has 0 unspecified atom stereocenters. The summed E-state index contributed by atoms with van der Waals surface area (Å²) in [6.07, 6.45) is 0. The lowest BCUT2D eigenvalue weighted by Gasteiger charge is -2.08. The predicted octanol–water partition coefficient (Wildman–Crippen LogP) is 4.23. The highest BCUT2D eigenvalue weighted by Crippen LogP contribution is 2.10. The molecule has 0 amide bonds. The van der Waals surface area contributed by atoms with Gasteiger partial charge in [-0.15, -0.1) is 0 Å². The van der Waals surface area contributed by atoms with Crippen LogP contribution in [0.25, 0.3) is 0 Å². The number of rotatable bonds is 5. The molecule has 0 aliphatic carbocycles. The Hall–Kier alpha value is -2.87. The van der Waals surface area contributed by atoms with Crippen molar-refractivity contribution >= 4 is 5.71 Å². The van der Waals surface area contributed by atoms with E-state index in [4.69, 9.17) is 0 Å². The molecule has 0 saturated carbocycles. The van der Waals surface area contributed by atoms with Crippen molar-refractivity contribution in [1.82, 2.24) is 5.43 Å². The first kappa shape index (κ1) is 14.1. The smallest absolute Gasteiger partial charge is 0.0973 e. The van der Waals surface area contributed by atoms with Crippen LogP contribution in [0.4, 0.5) is 0 Å². The molecule has 0 fully saturated rings. The van der Waals surface area contributed by atoms with Crippen LogP contribution in [0.15, 0.2) is 96.1 Å². The molecule has 108 valence electrons. The Balaban J connectivity index is 1.84. The fraction of sp³-hybridized carbons (Fsp3) is 0.0500. The lowest BCUT2D eigenvalue weighted by molar-refractivity contribution is 0.745. The van der Waals surface area contributed by atoms with Crippen LogP contribution in [0.3, 0.4) is 0 Å². The highest BCUT2D eigenvalue weighted by Gasteiger charge is 2.05. The van der Waals surface area contributed by atoms with Crippen LogP contribution in [-0.2, 0) is 6.54 Å². The first-order chi connectivity index (χ1) is 10.9. The SMILES string of the molecule is c1ccc(CNN=C(c2ccccc2)c2ccccc2)cc1. The van der Waals surface area contributed by atoms with E-state index in [1.807, 2.05) is 54.6 Å². The van der Waals surface area contributed by atoms with Gasteiger partial charge in [0.25, 0.3) is 0 Å². The van der Waals surface area contributed by atoms with Crippen LogP contribution in [0, 0.1) is 0 Å². The summed E-state index contributed by atoms with van der Waals surface area (Å²) in [5.41, 5.74) is 7.57. The quantitative estimate of drug-likeness (QED) is 0.551. The molecule has 0 aromatic heterocycles. The zero-order chi connectivity index (χ0) is 15.0. The summed E-state index contributed by atoms with van der Waals surface area (Å²) in [6, 6.07) is 30.8. The summed E-state index contributed by atoms with van der Waals surface area (Å²) in [5, 5.41) is 4.63. The van der Waals surface area contributed by atoms with Gasteiger partial charge in [0, 0.05) is 11.1 Å². The van der Waals surface area contributed by atoms with E-state index in [1.165, 1.54) is 5.56 Å². The van der Waals surface area contributed by atoms with Gasteiger partial charge in [0.2, 0.25) is 0 Å². The number of benzene rings is 3. The van der Waals surface area contributed by atoms with E-state index >= 15 is 0 Å². The number of hydrogen-bond donors (Lipinski definition) is 1. The second kappa shape index (κ2) is 7.23. The van der Waals surface area contributed by atoms with E-state index in [2.05, 4.69) is 46.9 Å².